The van der Waals surface area contributed by atoms with Gasteiger partial charge in [-0.3, -0.25) is 28.3 Å². The largest absolute Gasteiger partial charge is 0.384 e. The van der Waals surface area contributed by atoms with Crippen molar-refractivity contribution in [3.8, 4) is 0 Å². The first kappa shape index (κ1) is 36.6. The van der Waals surface area contributed by atoms with Gasteiger partial charge in [0.25, 0.3) is 22.9 Å². The van der Waals surface area contributed by atoms with Crippen LogP contribution in [-0.2, 0) is 17.7 Å². The van der Waals surface area contributed by atoms with E-state index in [2.05, 4.69) is 61.1 Å². The quantitative estimate of drug-likeness (QED) is 0.0980. The fourth-order valence-electron chi connectivity index (χ4n) is 8.88. The molecular weight excluding hydrogens is 713 g/mol. The van der Waals surface area contributed by atoms with Crippen LogP contribution in [0.25, 0.3) is 0 Å². The number of hydrogen-bond donors (Lipinski definition) is 6. The predicted octanol–water partition coefficient (Wildman–Crippen LogP) is 4.34. The molecule has 8 rings (SSSR count). The van der Waals surface area contributed by atoms with Crippen molar-refractivity contribution < 1.29 is 9.59 Å². The maximum absolute atomic E-state index is 14.3. The van der Waals surface area contributed by atoms with E-state index in [4.69, 9.17) is 11.5 Å². The fraction of sp³-hybridized carbons (Fsp3) is 0.400. The molecule has 4 aliphatic rings. The van der Waals surface area contributed by atoms with Gasteiger partial charge in [-0.1, -0.05) is 32.4 Å². The molecule has 0 bridgehead atoms. The Hall–Kier alpha value is -6.32. The molecule has 6 heterocycles. The molecule has 16 nitrogen and oxygen atoms in total. The summed E-state index contributed by atoms with van der Waals surface area (Å²) in [6.45, 7) is 6.13. The van der Waals surface area contributed by atoms with E-state index in [-0.39, 0.29) is 52.1 Å². The van der Waals surface area contributed by atoms with Gasteiger partial charge >= 0.3 is 0 Å². The number of carbonyl (C=O) groups is 2. The summed E-state index contributed by atoms with van der Waals surface area (Å²) in [5.74, 6) is 1.51. The van der Waals surface area contributed by atoms with Gasteiger partial charge in [-0.25, -0.2) is 19.9 Å². The summed E-state index contributed by atoms with van der Waals surface area (Å²) in [4.78, 5) is 71.8. The van der Waals surface area contributed by atoms with Gasteiger partial charge in [0.1, 0.15) is 70.0 Å². The molecule has 2 amide bonds. The Labute approximate surface area is 322 Å². The molecule has 4 aromatic rings. The van der Waals surface area contributed by atoms with Crippen molar-refractivity contribution in [3.05, 3.63) is 104 Å². The van der Waals surface area contributed by atoms with Crippen molar-refractivity contribution in [1.29, 1.82) is 0 Å². The minimum atomic E-state index is -1.01. The Bertz CT molecular complexity index is 2440. The highest BCUT2D eigenvalue weighted by Gasteiger charge is 2.47. The van der Waals surface area contributed by atoms with E-state index in [1.54, 1.807) is 34.3 Å². The molecule has 0 saturated carbocycles. The number of nitrogens with one attached hydrogen (secondary N) is 4. The van der Waals surface area contributed by atoms with Crippen LogP contribution < -0.4 is 43.9 Å². The number of aromatic nitrogens is 6. The number of nitrogen functional groups attached to an aromatic ring is 2. The van der Waals surface area contributed by atoms with Gasteiger partial charge in [0.2, 0.25) is 0 Å². The average molecular weight is 759 g/mol. The molecule has 0 fully saturated rings. The highest BCUT2D eigenvalue weighted by molar-refractivity contribution is 5.98. The fourth-order valence-corrected chi connectivity index (χ4v) is 8.88. The number of aryl methyl sites for hydroxylation is 2. The number of allylic oxidation sites excluding steroid dienone is 2. The van der Waals surface area contributed by atoms with Crippen molar-refractivity contribution in [2.75, 3.05) is 22.1 Å². The minimum Gasteiger partial charge on any atom is -0.384 e. The number of unbranched alkanes of at least 4 members (excludes halogenated alkanes) is 1. The predicted molar refractivity (Wildman–Crippen MR) is 213 cm³/mol. The van der Waals surface area contributed by atoms with Crippen LogP contribution in [0.3, 0.4) is 0 Å². The van der Waals surface area contributed by atoms with Gasteiger partial charge in [-0.05, 0) is 105 Å². The van der Waals surface area contributed by atoms with Crippen molar-refractivity contribution in [2.45, 2.75) is 83.5 Å². The number of rotatable bonds is 10. The zero-order valence-corrected chi connectivity index (χ0v) is 31.6. The van der Waals surface area contributed by atoms with Crippen molar-refractivity contribution >= 4 is 46.5 Å². The molecule has 4 atom stereocenters. The van der Waals surface area contributed by atoms with Crippen LogP contribution in [0.15, 0.2) is 70.8 Å². The first-order chi connectivity index (χ1) is 26.9. The molecule has 16 heteroatoms. The van der Waals surface area contributed by atoms with Crippen molar-refractivity contribution in [3.63, 3.8) is 0 Å². The minimum absolute atomic E-state index is 0.160. The smallest absolute Gasteiger partial charge is 0.277 e. The average Bonchev–Trinajstić information content (AvgIpc) is 3.59. The molecule has 2 spiro atoms. The molecule has 56 heavy (non-hydrogen) atoms. The van der Waals surface area contributed by atoms with Gasteiger partial charge in [0, 0.05) is 12.1 Å². The lowest BCUT2D eigenvalue weighted by molar-refractivity contribution is 0.0908. The van der Waals surface area contributed by atoms with E-state index in [1.165, 1.54) is 18.7 Å². The number of nitrogens with zero attached hydrogens (tertiary/aromatic N) is 6. The highest BCUT2D eigenvalue weighted by Crippen LogP contribution is 2.41. The van der Waals surface area contributed by atoms with Gasteiger partial charge in [0.15, 0.2) is 0 Å². The Morgan fingerprint density at radius 1 is 0.768 bits per heavy atom. The van der Waals surface area contributed by atoms with Crippen molar-refractivity contribution in [2.24, 2.45) is 17.8 Å². The lowest BCUT2D eigenvalue weighted by atomic mass is 9.80. The Morgan fingerprint density at radius 3 is 1.96 bits per heavy atom. The Morgan fingerprint density at radius 2 is 1.34 bits per heavy atom. The zero-order chi connectivity index (χ0) is 39.4. The van der Waals surface area contributed by atoms with E-state index < -0.39 is 11.3 Å². The molecule has 0 radical (unpaired) electrons. The topological polar surface area (TPSA) is 230 Å². The van der Waals surface area contributed by atoms with Gasteiger partial charge in [-0.2, -0.15) is 0 Å². The molecule has 0 aromatic carbocycles. The van der Waals surface area contributed by atoms with E-state index >= 15 is 0 Å². The summed E-state index contributed by atoms with van der Waals surface area (Å²) < 4.78 is 3.21. The summed E-state index contributed by atoms with van der Waals surface area (Å²) in [5.41, 5.74) is 11.8. The van der Waals surface area contributed by atoms with Crippen LogP contribution in [0, 0.1) is 24.7 Å². The van der Waals surface area contributed by atoms with Gasteiger partial charge in [-0.15, -0.1) is 0 Å². The molecular formula is C40H46N12O4. The number of anilines is 6. The first-order valence-corrected chi connectivity index (χ1v) is 19.1. The summed E-state index contributed by atoms with van der Waals surface area (Å²) in [6, 6.07) is 6.51. The monoisotopic (exact) mass is 758 g/mol. The lowest BCUT2D eigenvalue weighted by Gasteiger charge is -2.37. The van der Waals surface area contributed by atoms with E-state index in [9.17, 15) is 19.2 Å². The molecule has 4 aromatic heterocycles. The molecule has 2 aliphatic carbocycles. The Kier molecular flexibility index (Phi) is 9.21. The summed E-state index contributed by atoms with van der Waals surface area (Å²) in [6.07, 6.45) is 16.4. The number of amides is 2. The second-order valence-electron chi connectivity index (χ2n) is 15.8. The maximum atomic E-state index is 14.3. The number of hydrogen-bond acceptors (Lipinski definition) is 12. The summed E-state index contributed by atoms with van der Waals surface area (Å²) >= 11 is 0. The van der Waals surface area contributed by atoms with Gasteiger partial charge in [0.05, 0.1) is 0 Å². The van der Waals surface area contributed by atoms with Crippen LogP contribution in [0.1, 0.15) is 90.9 Å². The number of carbonyl (C=O) groups excluding carboxylic acids is 2. The normalized spacial score (nSPS) is 23.4. The summed E-state index contributed by atoms with van der Waals surface area (Å²) in [7, 11) is 0. The SMILES string of the molecule is Cc1cc(Nc2cc(N)ncn2)c(=O)n2c1C(=O)NC21C=CCC(CCCCc2cc(Nc3cc(N)ncn3)c(=O)n3c2C(=O)NC32C=CCC(C(C)C)C2)C1. The third-order valence-electron chi connectivity index (χ3n) is 11.6. The second kappa shape index (κ2) is 14.1. The molecule has 8 N–H and O–H groups in total. The molecule has 290 valence electrons. The second-order valence-corrected chi connectivity index (χ2v) is 15.8. The van der Waals surface area contributed by atoms with Crippen LogP contribution in [0.5, 0.6) is 0 Å². The van der Waals surface area contributed by atoms with Crippen LogP contribution in [0.4, 0.5) is 34.6 Å². The van der Waals surface area contributed by atoms with E-state index in [1.807, 2.05) is 18.2 Å². The van der Waals surface area contributed by atoms with Crippen LogP contribution >= 0.6 is 0 Å². The first-order valence-electron chi connectivity index (χ1n) is 19.1. The third kappa shape index (κ3) is 6.47. The van der Waals surface area contributed by atoms with Gasteiger partial charge < -0.3 is 32.7 Å². The number of fused-ring (bicyclic) bond motifs is 4. The number of nitrogens with two attached hydrogens (primary N) is 2. The maximum Gasteiger partial charge on any atom is 0.277 e. The summed E-state index contributed by atoms with van der Waals surface area (Å²) in [5, 5.41) is 12.5. The third-order valence-corrected chi connectivity index (χ3v) is 11.6. The highest BCUT2D eigenvalue weighted by atomic mass is 16.2. The molecule has 0 saturated heterocycles. The standard InChI is InChI=1S/C40H46N12O4/c1-22(2)26-11-7-13-40(19-26)50-36(54)34-25(15-28(38(56)52(34)40)48-32-17-30(42)44-21-46-32)10-5-4-8-24-9-6-12-39(18-24)49-35(53)33-23(3)14-27(37(55)51(33)39)47-31-16-29(41)43-20-45-31/h6-7,12-17,20-22,24,26H,4-5,8-11,18-19H2,1-3H3,(H,49,53)(H,50,54)(H3,41,43,45,47)(H3,42,44,46,48). The zero-order valence-electron chi connectivity index (χ0n) is 31.6. The Balaban J connectivity index is 1.03. The van der Waals surface area contributed by atoms with Crippen LogP contribution in [0.2, 0.25) is 0 Å². The molecule has 2 aliphatic heterocycles. The lowest BCUT2D eigenvalue weighted by Crippen LogP contribution is -2.49. The number of pyridine rings is 2. The van der Waals surface area contributed by atoms with E-state index in [0.717, 1.165) is 37.7 Å². The van der Waals surface area contributed by atoms with Crippen LogP contribution in [-0.4, -0.2) is 40.9 Å². The van der Waals surface area contributed by atoms with E-state index in [0.29, 0.717) is 59.5 Å². The molecule has 4 unspecified atom stereocenters. The van der Waals surface area contributed by atoms with Crippen molar-refractivity contribution in [1.82, 2.24) is 39.7 Å².